The molecule has 0 N–H and O–H groups in total. The first kappa shape index (κ1) is 14.4. The van der Waals surface area contributed by atoms with E-state index in [4.69, 9.17) is 11.6 Å². The highest BCUT2D eigenvalue weighted by molar-refractivity contribution is 9.10. The SMILES string of the molecule is CN(CCc1ccncc1)c1ccc(Br)cc1CCl. The first-order valence-corrected chi connectivity index (χ1v) is 7.48. The van der Waals surface area contributed by atoms with Gasteiger partial charge in [0.2, 0.25) is 0 Å². The van der Waals surface area contributed by atoms with Crippen LogP contribution in [-0.4, -0.2) is 18.6 Å². The van der Waals surface area contributed by atoms with Crippen molar-refractivity contribution >= 4 is 33.2 Å². The van der Waals surface area contributed by atoms with Crippen molar-refractivity contribution in [2.75, 3.05) is 18.5 Å². The number of pyridine rings is 1. The Morgan fingerprint density at radius 1 is 1.21 bits per heavy atom. The van der Waals surface area contributed by atoms with Crippen molar-refractivity contribution in [1.29, 1.82) is 0 Å². The van der Waals surface area contributed by atoms with Gasteiger partial charge in [-0.2, -0.15) is 0 Å². The predicted octanol–water partition coefficient (Wildman–Crippen LogP) is 4.26. The maximum absolute atomic E-state index is 6.01. The average Bonchev–Trinajstić information content (AvgIpc) is 2.45. The summed E-state index contributed by atoms with van der Waals surface area (Å²) in [6, 6.07) is 10.3. The minimum absolute atomic E-state index is 0.522. The molecule has 0 aliphatic rings. The van der Waals surface area contributed by atoms with E-state index in [-0.39, 0.29) is 0 Å². The summed E-state index contributed by atoms with van der Waals surface area (Å²) in [7, 11) is 2.10. The second kappa shape index (κ2) is 6.92. The molecule has 0 atom stereocenters. The molecule has 2 aromatic rings. The van der Waals surface area contributed by atoms with Gasteiger partial charge in [-0.3, -0.25) is 4.98 Å². The van der Waals surface area contributed by atoms with E-state index in [0.29, 0.717) is 5.88 Å². The fraction of sp³-hybridized carbons (Fsp3) is 0.267. The van der Waals surface area contributed by atoms with Crippen LogP contribution in [0.15, 0.2) is 47.2 Å². The summed E-state index contributed by atoms with van der Waals surface area (Å²) in [5.74, 6) is 0.522. The molecule has 100 valence electrons. The number of nitrogens with zero attached hydrogens (tertiary/aromatic N) is 2. The summed E-state index contributed by atoms with van der Waals surface area (Å²) in [5, 5.41) is 0. The Morgan fingerprint density at radius 3 is 2.63 bits per heavy atom. The van der Waals surface area contributed by atoms with Crippen molar-refractivity contribution in [2.45, 2.75) is 12.3 Å². The molecule has 4 heteroatoms. The van der Waals surface area contributed by atoms with Crippen molar-refractivity contribution in [2.24, 2.45) is 0 Å². The lowest BCUT2D eigenvalue weighted by molar-refractivity contribution is 0.870. The number of rotatable bonds is 5. The summed E-state index contributed by atoms with van der Waals surface area (Å²) in [4.78, 5) is 6.27. The summed E-state index contributed by atoms with van der Waals surface area (Å²) in [6.07, 6.45) is 4.66. The number of likely N-dealkylation sites (N-methyl/N-ethyl adjacent to an activating group) is 1. The second-order valence-electron chi connectivity index (χ2n) is 4.43. The number of halogens is 2. The van der Waals surface area contributed by atoms with E-state index in [9.17, 15) is 0 Å². The van der Waals surface area contributed by atoms with E-state index in [1.807, 2.05) is 18.5 Å². The Balaban J connectivity index is 2.05. The minimum Gasteiger partial charge on any atom is -0.374 e. The van der Waals surface area contributed by atoms with Crippen LogP contribution in [0, 0.1) is 0 Å². The molecule has 2 nitrogen and oxygen atoms in total. The Bertz CT molecular complexity index is 531. The van der Waals surface area contributed by atoms with Crippen LogP contribution in [0.4, 0.5) is 5.69 Å². The molecule has 0 spiro atoms. The number of anilines is 1. The average molecular weight is 340 g/mol. The van der Waals surface area contributed by atoms with E-state index in [2.05, 4.69) is 57.1 Å². The Kier molecular flexibility index (Phi) is 5.23. The first-order valence-electron chi connectivity index (χ1n) is 6.15. The Morgan fingerprint density at radius 2 is 1.95 bits per heavy atom. The lowest BCUT2D eigenvalue weighted by Gasteiger charge is -2.22. The lowest BCUT2D eigenvalue weighted by Crippen LogP contribution is -2.21. The molecule has 1 aromatic heterocycles. The van der Waals surface area contributed by atoms with Crippen LogP contribution in [0.25, 0.3) is 0 Å². The third kappa shape index (κ3) is 3.95. The molecule has 0 amide bonds. The number of hydrogen-bond donors (Lipinski definition) is 0. The van der Waals surface area contributed by atoms with E-state index in [0.717, 1.165) is 23.0 Å². The van der Waals surface area contributed by atoms with Gasteiger partial charge in [-0.15, -0.1) is 11.6 Å². The molecule has 0 radical (unpaired) electrons. The van der Waals surface area contributed by atoms with Crippen molar-refractivity contribution < 1.29 is 0 Å². The van der Waals surface area contributed by atoms with E-state index in [1.165, 1.54) is 11.3 Å². The van der Waals surface area contributed by atoms with E-state index in [1.54, 1.807) is 0 Å². The molecule has 1 aromatic carbocycles. The van der Waals surface area contributed by atoms with Gasteiger partial charge in [0.25, 0.3) is 0 Å². The molecule has 19 heavy (non-hydrogen) atoms. The van der Waals surface area contributed by atoms with Gasteiger partial charge >= 0.3 is 0 Å². The van der Waals surface area contributed by atoms with Crippen LogP contribution in [0.5, 0.6) is 0 Å². The van der Waals surface area contributed by atoms with Crippen LogP contribution < -0.4 is 4.90 Å². The van der Waals surface area contributed by atoms with Gasteiger partial charge in [0.15, 0.2) is 0 Å². The Hall–Kier alpha value is -1.06. The molecular weight excluding hydrogens is 324 g/mol. The van der Waals surface area contributed by atoms with E-state index < -0.39 is 0 Å². The van der Waals surface area contributed by atoms with Gasteiger partial charge in [0.1, 0.15) is 0 Å². The van der Waals surface area contributed by atoms with Crippen LogP contribution in [0.1, 0.15) is 11.1 Å². The standard InChI is InChI=1S/C15H16BrClN2/c1-19(9-6-12-4-7-18-8-5-12)15-3-2-14(16)10-13(15)11-17/h2-5,7-8,10H,6,9,11H2,1H3. The normalized spacial score (nSPS) is 10.5. The third-order valence-electron chi connectivity index (χ3n) is 3.08. The van der Waals surface area contributed by atoms with Crippen molar-refractivity contribution in [3.63, 3.8) is 0 Å². The highest BCUT2D eigenvalue weighted by Gasteiger charge is 2.07. The predicted molar refractivity (Wildman–Crippen MR) is 84.9 cm³/mol. The minimum atomic E-state index is 0.522. The summed E-state index contributed by atoms with van der Waals surface area (Å²) in [6.45, 7) is 0.954. The van der Waals surface area contributed by atoms with Gasteiger partial charge < -0.3 is 4.90 Å². The fourth-order valence-corrected chi connectivity index (χ4v) is 2.62. The van der Waals surface area contributed by atoms with Crippen LogP contribution >= 0.6 is 27.5 Å². The number of alkyl halides is 1. The molecule has 1 heterocycles. The number of hydrogen-bond acceptors (Lipinski definition) is 2. The zero-order valence-electron chi connectivity index (χ0n) is 10.8. The lowest BCUT2D eigenvalue weighted by atomic mass is 10.1. The summed E-state index contributed by atoms with van der Waals surface area (Å²) < 4.78 is 1.06. The highest BCUT2D eigenvalue weighted by Crippen LogP contribution is 2.25. The first-order chi connectivity index (χ1) is 9.20. The third-order valence-corrected chi connectivity index (χ3v) is 3.86. The van der Waals surface area contributed by atoms with Crippen LogP contribution in [0.2, 0.25) is 0 Å². The number of benzene rings is 1. The smallest absolute Gasteiger partial charge is 0.0494 e. The van der Waals surface area contributed by atoms with E-state index >= 15 is 0 Å². The zero-order valence-corrected chi connectivity index (χ0v) is 13.2. The molecule has 0 aliphatic heterocycles. The molecular formula is C15H16BrClN2. The molecule has 0 unspecified atom stereocenters. The summed E-state index contributed by atoms with van der Waals surface area (Å²) >= 11 is 9.49. The highest BCUT2D eigenvalue weighted by atomic mass is 79.9. The van der Waals surface area contributed by atoms with Gasteiger partial charge in [0.05, 0.1) is 0 Å². The fourth-order valence-electron chi connectivity index (χ4n) is 2.00. The molecule has 2 rings (SSSR count). The summed E-state index contributed by atoms with van der Waals surface area (Å²) in [5.41, 5.74) is 3.63. The van der Waals surface area contributed by atoms with Crippen molar-refractivity contribution in [1.82, 2.24) is 4.98 Å². The topological polar surface area (TPSA) is 16.1 Å². The van der Waals surface area contributed by atoms with Crippen LogP contribution in [0.3, 0.4) is 0 Å². The largest absolute Gasteiger partial charge is 0.374 e. The maximum Gasteiger partial charge on any atom is 0.0494 e. The molecule has 0 bridgehead atoms. The molecule has 0 aliphatic carbocycles. The molecule has 0 fully saturated rings. The van der Waals surface area contributed by atoms with Gasteiger partial charge in [0, 0.05) is 42.0 Å². The maximum atomic E-state index is 6.01. The number of aromatic nitrogens is 1. The van der Waals surface area contributed by atoms with Crippen LogP contribution in [-0.2, 0) is 12.3 Å². The van der Waals surface area contributed by atoms with Crippen molar-refractivity contribution in [3.05, 3.63) is 58.3 Å². The molecule has 0 saturated heterocycles. The quantitative estimate of drug-likeness (QED) is 0.757. The van der Waals surface area contributed by atoms with Gasteiger partial charge in [-0.25, -0.2) is 0 Å². The second-order valence-corrected chi connectivity index (χ2v) is 5.62. The molecule has 0 saturated carbocycles. The van der Waals surface area contributed by atoms with Gasteiger partial charge in [-0.1, -0.05) is 15.9 Å². The zero-order chi connectivity index (χ0) is 13.7. The van der Waals surface area contributed by atoms with Gasteiger partial charge in [-0.05, 0) is 47.9 Å². The monoisotopic (exact) mass is 338 g/mol. The van der Waals surface area contributed by atoms with Crippen molar-refractivity contribution in [3.8, 4) is 0 Å². The Labute approximate surface area is 127 Å².